The topological polar surface area (TPSA) is 57.6 Å². The van der Waals surface area contributed by atoms with Crippen molar-refractivity contribution in [2.75, 3.05) is 13.6 Å². The SMILES string of the molecule is Cc1ccc(C)c(C(=O)N(C)CC2CCC2)c1C(=O)O. The Morgan fingerprint density at radius 3 is 2.20 bits per heavy atom. The normalized spacial score (nSPS) is 14.8. The molecule has 0 unspecified atom stereocenters. The molecule has 1 saturated carbocycles. The van der Waals surface area contributed by atoms with Crippen LogP contribution in [0.4, 0.5) is 0 Å². The lowest BCUT2D eigenvalue weighted by Crippen LogP contribution is -2.35. The molecule has 1 aromatic rings. The van der Waals surface area contributed by atoms with Crippen LogP contribution in [0.15, 0.2) is 12.1 Å². The highest BCUT2D eigenvalue weighted by Gasteiger charge is 2.26. The quantitative estimate of drug-likeness (QED) is 0.919. The molecule has 0 aliphatic heterocycles. The van der Waals surface area contributed by atoms with Gasteiger partial charge in [-0.3, -0.25) is 4.79 Å². The number of carboxylic acids is 1. The molecule has 0 heterocycles. The van der Waals surface area contributed by atoms with Crippen molar-refractivity contribution >= 4 is 11.9 Å². The molecule has 1 aromatic carbocycles. The Kier molecular flexibility index (Phi) is 4.12. The maximum Gasteiger partial charge on any atom is 0.336 e. The second-order valence-electron chi connectivity index (χ2n) is 5.74. The van der Waals surface area contributed by atoms with E-state index < -0.39 is 5.97 Å². The molecule has 1 aliphatic rings. The van der Waals surface area contributed by atoms with Crippen molar-refractivity contribution < 1.29 is 14.7 Å². The predicted octanol–water partition coefficient (Wildman–Crippen LogP) is 2.87. The number of hydrogen-bond acceptors (Lipinski definition) is 2. The summed E-state index contributed by atoms with van der Waals surface area (Å²) in [5.74, 6) is -0.649. The molecule has 0 atom stereocenters. The van der Waals surface area contributed by atoms with Gasteiger partial charge >= 0.3 is 5.97 Å². The molecule has 0 saturated heterocycles. The molecular formula is C16H21NO3. The zero-order valence-electron chi connectivity index (χ0n) is 12.3. The average molecular weight is 275 g/mol. The molecule has 2 rings (SSSR count). The molecule has 4 nitrogen and oxygen atoms in total. The highest BCUT2D eigenvalue weighted by Crippen LogP contribution is 2.28. The monoisotopic (exact) mass is 275 g/mol. The van der Waals surface area contributed by atoms with Crippen LogP contribution in [0.5, 0.6) is 0 Å². The van der Waals surface area contributed by atoms with Gasteiger partial charge in [0.25, 0.3) is 5.91 Å². The van der Waals surface area contributed by atoms with Crippen molar-refractivity contribution in [1.82, 2.24) is 4.90 Å². The second kappa shape index (κ2) is 5.65. The molecule has 0 radical (unpaired) electrons. The van der Waals surface area contributed by atoms with Crippen molar-refractivity contribution in [3.63, 3.8) is 0 Å². The average Bonchev–Trinajstić information content (AvgIpc) is 2.34. The van der Waals surface area contributed by atoms with E-state index in [9.17, 15) is 14.7 Å². The fourth-order valence-electron chi connectivity index (χ4n) is 2.70. The van der Waals surface area contributed by atoms with E-state index in [1.807, 2.05) is 6.07 Å². The lowest BCUT2D eigenvalue weighted by Gasteiger charge is -2.30. The molecule has 1 amide bonds. The highest BCUT2D eigenvalue weighted by molar-refractivity contribution is 6.06. The largest absolute Gasteiger partial charge is 0.478 e. The van der Waals surface area contributed by atoms with E-state index in [4.69, 9.17) is 0 Å². The van der Waals surface area contributed by atoms with Gasteiger partial charge in [-0.1, -0.05) is 18.6 Å². The predicted molar refractivity (Wildman–Crippen MR) is 77.2 cm³/mol. The number of aromatic carboxylic acids is 1. The fraction of sp³-hybridized carbons (Fsp3) is 0.500. The summed E-state index contributed by atoms with van der Waals surface area (Å²) in [5.41, 5.74) is 1.82. The third-order valence-electron chi connectivity index (χ3n) is 4.15. The third-order valence-corrected chi connectivity index (χ3v) is 4.15. The number of carbonyl (C=O) groups excluding carboxylic acids is 1. The van der Waals surface area contributed by atoms with Crippen LogP contribution in [0.1, 0.15) is 51.1 Å². The minimum atomic E-state index is -1.04. The van der Waals surface area contributed by atoms with Gasteiger partial charge in [-0.05, 0) is 43.7 Å². The van der Waals surface area contributed by atoms with Crippen LogP contribution in [0.25, 0.3) is 0 Å². The first-order valence-electron chi connectivity index (χ1n) is 7.00. The first kappa shape index (κ1) is 14.6. The van der Waals surface area contributed by atoms with Crippen molar-refractivity contribution in [1.29, 1.82) is 0 Å². The Hall–Kier alpha value is -1.84. The Labute approximate surface area is 119 Å². The first-order chi connectivity index (χ1) is 9.41. The summed E-state index contributed by atoms with van der Waals surface area (Å²) in [7, 11) is 1.76. The number of benzene rings is 1. The van der Waals surface area contributed by atoms with E-state index in [1.165, 1.54) is 6.42 Å². The van der Waals surface area contributed by atoms with Crippen molar-refractivity contribution in [3.8, 4) is 0 Å². The summed E-state index contributed by atoms with van der Waals surface area (Å²) in [6.45, 7) is 4.23. The molecule has 4 heteroatoms. The molecule has 0 aromatic heterocycles. The van der Waals surface area contributed by atoms with Gasteiger partial charge in [-0.25, -0.2) is 4.79 Å². The molecule has 108 valence electrons. The third kappa shape index (κ3) is 2.69. The molecule has 1 aliphatic carbocycles. The molecule has 1 N–H and O–H groups in total. The van der Waals surface area contributed by atoms with Crippen LogP contribution in [-0.4, -0.2) is 35.5 Å². The van der Waals surface area contributed by atoms with Crippen molar-refractivity contribution in [2.24, 2.45) is 5.92 Å². The number of amides is 1. The molecule has 1 fully saturated rings. The van der Waals surface area contributed by atoms with Gasteiger partial charge in [0.15, 0.2) is 0 Å². The summed E-state index contributed by atoms with van der Waals surface area (Å²) in [6.07, 6.45) is 3.56. The van der Waals surface area contributed by atoms with Gasteiger partial charge in [0.1, 0.15) is 0 Å². The van der Waals surface area contributed by atoms with E-state index in [1.54, 1.807) is 31.9 Å². The summed E-state index contributed by atoms with van der Waals surface area (Å²) < 4.78 is 0. The number of carboxylic acid groups (broad SMARTS) is 1. The smallest absolute Gasteiger partial charge is 0.336 e. The number of rotatable bonds is 4. The van der Waals surface area contributed by atoms with Crippen LogP contribution >= 0.6 is 0 Å². The Balaban J connectivity index is 2.32. The van der Waals surface area contributed by atoms with Crippen LogP contribution in [0.2, 0.25) is 0 Å². The van der Waals surface area contributed by atoms with Crippen LogP contribution in [-0.2, 0) is 0 Å². The summed E-state index contributed by atoms with van der Waals surface area (Å²) >= 11 is 0. The summed E-state index contributed by atoms with van der Waals surface area (Å²) in [4.78, 5) is 25.7. The summed E-state index contributed by atoms with van der Waals surface area (Å²) in [6, 6.07) is 3.56. The molecule has 0 bridgehead atoms. The minimum absolute atomic E-state index is 0.135. The number of carbonyl (C=O) groups is 2. The number of hydrogen-bond donors (Lipinski definition) is 1. The fourth-order valence-corrected chi connectivity index (χ4v) is 2.70. The maximum absolute atomic E-state index is 12.6. The lowest BCUT2D eigenvalue weighted by atomic mass is 9.85. The van der Waals surface area contributed by atoms with Crippen molar-refractivity contribution in [2.45, 2.75) is 33.1 Å². The standard InChI is InChI=1S/C16H21NO3/c1-10-7-8-11(2)14(16(19)20)13(10)15(18)17(3)9-12-5-4-6-12/h7-8,12H,4-6,9H2,1-3H3,(H,19,20). The van der Waals surface area contributed by atoms with Gasteiger partial charge in [0, 0.05) is 13.6 Å². The molecule has 20 heavy (non-hydrogen) atoms. The van der Waals surface area contributed by atoms with Gasteiger partial charge < -0.3 is 10.0 Å². The van der Waals surface area contributed by atoms with Gasteiger partial charge in [0.2, 0.25) is 0 Å². The molecule has 0 spiro atoms. The van der Waals surface area contributed by atoms with Crippen LogP contribution in [0.3, 0.4) is 0 Å². The van der Waals surface area contributed by atoms with Gasteiger partial charge in [-0.2, -0.15) is 0 Å². The van der Waals surface area contributed by atoms with E-state index >= 15 is 0 Å². The minimum Gasteiger partial charge on any atom is -0.478 e. The number of aryl methyl sites for hydroxylation is 2. The van der Waals surface area contributed by atoms with E-state index in [2.05, 4.69) is 0 Å². The van der Waals surface area contributed by atoms with E-state index in [0.717, 1.165) is 18.4 Å². The Morgan fingerprint density at radius 2 is 1.75 bits per heavy atom. The van der Waals surface area contributed by atoms with Crippen molar-refractivity contribution in [3.05, 3.63) is 34.4 Å². The Morgan fingerprint density at radius 1 is 1.20 bits per heavy atom. The summed E-state index contributed by atoms with van der Waals surface area (Å²) in [5, 5.41) is 9.37. The van der Waals surface area contributed by atoms with Crippen LogP contribution < -0.4 is 0 Å². The van der Waals surface area contributed by atoms with Gasteiger partial charge in [0.05, 0.1) is 11.1 Å². The molecular weight excluding hydrogens is 254 g/mol. The van der Waals surface area contributed by atoms with Crippen LogP contribution in [0, 0.1) is 19.8 Å². The maximum atomic E-state index is 12.6. The highest BCUT2D eigenvalue weighted by atomic mass is 16.4. The van der Waals surface area contributed by atoms with E-state index in [0.29, 0.717) is 23.6 Å². The van der Waals surface area contributed by atoms with E-state index in [-0.39, 0.29) is 11.5 Å². The zero-order chi connectivity index (χ0) is 14.9. The second-order valence-corrected chi connectivity index (χ2v) is 5.74. The van der Waals surface area contributed by atoms with Gasteiger partial charge in [-0.15, -0.1) is 0 Å². The lowest BCUT2D eigenvalue weighted by molar-refractivity contribution is 0.0672. The first-order valence-corrected chi connectivity index (χ1v) is 7.00. The zero-order valence-corrected chi connectivity index (χ0v) is 12.3. The number of nitrogens with zero attached hydrogens (tertiary/aromatic N) is 1. The Bertz CT molecular complexity index is 547.